The number of benzene rings is 3. The summed E-state index contributed by atoms with van der Waals surface area (Å²) in [6.45, 7) is 0.409. The maximum absolute atomic E-state index is 13.7. The van der Waals surface area contributed by atoms with Crippen molar-refractivity contribution >= 4 is 11.6 Å². The monoisotopic (exact) mass is 328 g/mol. The molecule has 2 nitrogen and oxygen atoms in total. The van der Waals surface area contributed by atoms with E-state index in [9.17, 15) is 9.50 Å². The second kappa shape index (κ2) is 6.71. The van der Waals surface area contributed by atoms with E-state index in [1.54, 1.807) is 0 Å². The van der Waals surface area contributed by atoms with Gasteiger partial charge in [0, 0.05) is 5.56 Å². The van der Waals surface area contributed by atoms with Crippen molar-refractivity contribution in [3.63, 3.8) is 0 Å². The molecule has 3 rings (SSSR count). The number of phenolic OH excluding ortho intramolecular Hbond substituents is 1. The minimum atomic E-state index is -0.759. The lowest BCUT2D eigenvalue weighted by Crippen LogP contribution is -1.97. The molecule has 0 heterocycles. The first-order chi connectivity index (χ1) is 11.1. The molecule has 0 bridgehead atoms. The van der Waals surface area contributed by atoms with Gasteiger partial charge in [-0.1, -0.05) is 60.1 Å². The number of ether oxygens (including phenoxy) is 1. The number of para-hydroxylation sites is 1. The minimum absolute atomic E-state index is 0.0298. The summed E-state index contributed by atoms with van der Waals surface area (Å²) in [4.78, 5) is 0. The molecule has 3 aromatic rings. The van der Waals surface area contributed by atoms with Crippen LogP contribution in [0.25, 0.3) is 11.1 Å². The van der Waals surface area contributed by atoms with Crippen molar-refractivity contribution in [2.75, 3.05) is 0 Å². The van der Waals surface area contributed by atoms with Crippen molar-refractivity contribution in [1.82, 2.24) is 0 Å². The number of phenols is 1. The van der Waals surface area contributed by atoms with Crippen LogP contribution in [-0.4, -0.2) is 5.11 Å². The summed E-state index contributed by atoms with van der Waals surface area (Å²) in [5.74, 6) is -0.680. The number of rotatable bonds is 4. The topological polar surface area (TPSA) is 29.5 Å². The van der Waals surface area contributed by atoms with Crippen molar-refractivity contribution in [3.05, 3.63) is 83.1 Å². The second-order valence-corrected chi connectivity index (χ2v) is 5.47. The van der Waals surface area contributed by atoms with Gasteiger partial charge in [-0.3, -0.25) is 0 Å². The molecule has 1 N–H and O–H groups in total. The van der Waals surface area contributed by atoms with E-state index in [0.29, 0.717) is 23.5 Å². The molecule has 0 aliphatic heterocycles. The summed E-state index contributed by atoms with van der Waals surface area (Å²) in [7, 11) is 0. The maximum Gasteiger partial charge on any atom is 0.170 e. The summed E-state index contributed by atoms with van der Waals surface area (Å²) in [5.41, 5.74) is 2.30. The van der Waals surface area contributed by atoms with Gasteiger partial charge in [0.1, 0.15) is 12.4 Å². The predicted octanol–water partition coefficient (Wildman–Crippen LogP) is 5.43. The van der Waals surface area contributed by atoms with Crippen LogP contribution in [0.5, 0.6) is 11.5 Å². The average molecular weight is 329 g/mol. The highest BCUT2D eigenvalue weighted by Gasteiger charge is 2.12. The van der Waals surface area contributed by atoms with Crippen molar-refractivity contribution in [2.45, 2.75) is 6.61 Å². The first kappa shape index (κ1) is 15.4. The zero-order chi connectivity index (χ0) is 16.2. The van der Waals surface area contributed by atoms with Crippen LogP contribution in [0.1, 0.15) is 5.56 Å². The number of aromatic hydroxyl groups is 1. The quantitative estimate of drug-likeness (QED) is 0.692. The second-order valence-electron chi connectivity index (χ2n) is 5.06. The Morgan fingerprint density at radius 3 is 2.39 bits per heavy atom. The van der Waals surface area contributed by atoms with Crippen molar-refractivity contribution < 1.29 is 14.2 Å². The van der Waals surface area contributed by atoms with Crippen LogP contribution in [-0.2, 0) is 6.61 Å². The van der Waals surface area contributed by atoms with Gasteiger partial charge in [-0.2, -0.15) is 0 Å². The third kappa shape index (κ3) is 3.46. The third-order valence-corrected chi connectivity index (χ3v) is 3.74. The van der Waals surface area contributed by atoms with E-state index in [1.807, 2.05) is 54.6 Å². The first-order valence-corrected chi connectivity index (χ1v) is 7.47. The molecule has 4 heteroatoms. The van der Waals surface area contributed by atoms with Gasteiger partial charge in [-0.25, -0.2) is 4.39 Å². The van der Waals surface area contributed by atoms with E-state index >= 15 is 0 Å². The Morgan fingerprint density at radius 2 is 1.65 bits per heavy atom. The van der Waals surface area contributed by atoms with Crippen molar-refractivity contribution in [3.8, 4) is 22.6 Å². The summed E-state index contributed by atoms with van der Waals surface area (Å²) >= 11 is 5.86. The van der Waals surface area contributed by atoms with Gasteiger partial charge in [0.05, 0.1) is 5.02 Å². The highest BCUT2D eigenvalue weighted by molar-refractivity contribution is 6.32. The van der Waals surface area contributed by atoms with Crippen LogP contribution in [0.3, 0.4) is 0 Å². The van der Waals surface area contributed by atoms with E-state index < -0.39 is 11.6 Å². The van der Waals surface area contributed by atoms with Gasteiger partial charge in [-0.15, -0.1) is 0 Å². The summed E-state index contributed by atoms with van der Waals surface area (Å²) in [5, 5.41) is 9.43. The molecule has 0 aliphatic rings. The largest absolute Gasteiger partial charge is 0.504 e. The van der Waals surface area contributed by atoms with Gasteiger partial charge >= 0.3 is 0 Å². The fraction of sp³-hybridized carbons (Fsp3) is 0.0526. The van der Waals surface area contributed by atoms with Gasteiger partial charge in [-0.05, 0) is 29.3 Å². The molecule has 0 aromatic heterocycles. The molecule has 0 atom stereocenters. The Morgan fingerprint density at radius 1 is 0.957 bits per heavy atom. The predicted molar refractivity (Wildman–Crippen MR) is 89.3 cm³/mol. The van der Waals surface area contributed by atoms with Crippen LogP contribution in [0.4, 0.5) is 4.39 Å². The van der Waals surface area contributed by atoms with Gasteiger partial charge < -0.3 is 9.84 Å². The molecule has 0 fully saturated rings. The molecule has 0 amide bonds. The standard InChI is InChI=1S/C19H14ClFO2/c20-16-10-14(11-17(21)19(16)22)15-8-4-5-9-18(15)23-12-13-6-2-1-3-7-13/h1-11,22H,12H2. The van der Waals surface area contributed by atoms with Crippen LogP contribution in [0, 0.1) is 5.82 Å². The smallest absolute Gasteiger partial charge is 0.170 e. The highest BCUT2D eigenvalue weighted by Crippen LogP contribution is 2.36. The zero-order valence-electron chi connectivity index (χ0n) is 12.2. The Balaban J connectivity index is 1.92. The van der Waals surface area contributed by atoms with E-state index in [2.05, 4.69) is 0 Å². The Labute approximate surface area is 138 Å². The van der Waals surface area contributed by atoms with Gasteiger partial charge in [0.2, 0.25) is 0 Å². The van der Waals surface area contributed by atoms with Crippen molar-refractivity contribution in [2.24, 2.45) is 0 Å². The zero-order valence-corrected chi connectivity index (χ0v) is 12.9. The lowest BCUT2D eigenvalue weighted by molar-refractivity contribution is 0.307. The number of hydrogen-bond donors (Lipinski definition) is 1. The summed E-state index contributed by atoms with van der Waals surface area (Å²) < 4.78 is 19.6. The van der Waals surface area contributed by atoms with Crippen LogP contribution < -0.4 is 4.74 Å². The normalized spacial score (nSPS) is 10.5. The van der Waals surface area contributed by atoms with Gasteiger partial charge in [0.15, 0.2) is 11.6 Å². The van der Waals surface area contributed by atoms with E-state index in [1.165, 1.54) is 12.1 Å². The molecule has 0 aliphatic carbocycles. The molecular formula is C19H14ClFO2. The minimum Gasteiger partial charge on any atom is -0.504 e. The van der Waals surface area contributed by atoms with E-state index in [-0.39, 0.29) is 5.02 Å². The Kier molecular flexibility index (Phi) is 4.49. The fourth-order valence-electron chi connectivity index (χ4n) is 2.29. The van der Waals surface area contributed by atoms with Crippen LogP contribution >= 0.6 is 11.6 Å². The molecule has 0 spiro atoms. The molecule has 0 radical (unpaired) electrons. The molecule has 0 unspecified atom stereocenters. The van der Waals surface area contributed by atoms with Crippen LogP contribution in [0.2, 0.25) is 5.02 Å². The van der Waals surface area contributed by atoms with Crippen LogP contribution in [0.15, 0.2) is 66.7 Å². The summed E-state index contributed by atoms with van der Waals surface area (Å²) in [6, 6.07) is 19.9. The summed E-state index contributed by atoms with van der Waals surface area (Å²) in [6.07, 6.45) is 0. The maximum atomic E-state index is 13.7. The van der Waals surface area contributed by atoms with E-state index in [4.69, 9.17) is 16.3 Å². The number of hydrogen-bond acceptors (Lipinski definition) is 2. The highest BCUT2D eigenvalue weighted by atomic mass is 35.5. The molecule has 3 aromatic carbocycles. The number of halogens is 2. The molecular weight excluding hydrogens is 315 g/mol. The lowest BCUT2D eigenvalue weighted by Gasteiger charge is -2.12. The Hall–Kier alpha value is -2.52. The Bertz CT molecular complexity index is 796. The first-order valence-electron chi connectivity index (χ1n) is 7.09. The van der Waals surface area contributed by atoms with Crippen molar-refractivity contribution in [1.29, 1.82) is 0 Å². The average Bonchev–Trinajstić information content (AvgIpc) is 2.58. The SMILES string of the molecule is Oc1c(F)cc(-c2ccccc2OCc2ccccc2)cc1Cl. The molecule has 0 saturated heterocycles. The molecule has 0 saturated carbocycles. The third-order valence-electron chi connectivity index (χ3n) is 3.45. The van der Waals surface area contributed by atoms with E-state index in [0.717, 1.165) is 5.56 Å². The lowest BCUT2D eigenvalue weighted by atomic mass is 10.0. The molecule has 116 valence electrons. The fourth-order valence-corrected chi connectivity index (χ4v) is 2.50. The molecule has 23 heavy (non-hydrogen) atoms. The van der Waals surface area contributed by atoms with Gasteiger partial charge in [0.25, 0.3) is 0 Å².